The second kappa shape index (κ2) is 9.26. The van der Waals surface area contributed by atoms with E-state index in [2.05, 4.69) is 25.7 Å². The summed E-state index contributed by atoms with van der Waals surface area (Å²) < 4.78 is 0. The molecule has 33 heavy (non-hydrogen) atoms. The minimum atomic E-state index is 0.0797. The molecule has 2 aromatic heterocycles. The predicted octanol–water partition coefficient (Wildman–Crippen LogP) is 5.30. The lowest BCUT2D eigenvalue weighted by Gasteiger charge is -2.35. The quantitative estimate of drug-likeness (QED) is 0.496. The van der Waals surface area contributed by atoms with Crippen LogP contribution in [0.25, 0.3) is 16.3 Å². The fraction of sp³-hybridized carbons (Fsp3) is 0.444. The van der Waals surface area contributed by atoms with Gasteiger partial charge in [-0.3, -0.25) is 4.79 Å². The fourth-order valence-corrected chi connectivity index (χ4v) is 6.19. The zero-order valence-corrected chi connectivity index (χ0v) is 20.6. The first-order valence-corrected chi connectivity index (χ1v) is 12.9. The second-order valence-electron chi connectivity index (χ2n) is 9.65. The van der Waals surface area contributed by atoms with Gasteiger partial charge in [-0.1, -0.05) is 51.1 Å². The molecule has 1 saturated heterocycles. The summed E-state index contributed by atoms with van der Waals surface area (Å²) in [5.41, 5.74) is 2.52. The van der Waals surface area contributed by atoms with Crippen LogP contribution in [0.4, 0.5) is 5.82 Å². The molecule has 0 spiro atoms. The van der Waals surface area contributed by atoms with Crippen LogP contribution in [0.3, 0.4) is 0 Å². The monoisotopic (exact) mass is 460 g/mol. The molecule has 1 aliphatic carbocycles. The third-order valence-electron chi connectivity index (χ3n) is 6.78. The summed E-state index contributed by atoms with van der Waals surface area (Å²) in [7, 11) is 0. The number of thiophene rings is 1. The molecule has 1 amide bonds. The van der Waals surface area contributed by atoms with Gasteiger partial charge in [0.15, 0.2) is 0 Å². The van der Waals surface area contributed by atoms with E-state index in [-0.39, 0.29) is 11.8 Å². The van der Waals surface area contributed by atoms with Crippen LogP contribution in [0.5, 0.6) is 0 Å². The maximum absolute atomic E-state index is 12.7. The predicted molar refractivity (Wildman–Crippen MR) is 137 cm³/mol. The number of rotatable bonds is 4. The van der Waals surface area contributed by atoms with Crippen molar-refractivity contribution in [2.24, 2.45) is 5.92 Å². The molecule has 0 bridgehead atoms. The molecule has 2 aliphatic rings. The number of hydrogen-bond donors (Lipinski definition) is 0. The van der Waals surface area contributed by atoms with Crippen LogP contribution in [-0.4, -0.2) is 47.0 Å². The van der Waals surface area contributed by atoms with E-state index in [0.29, 0.717) is 13.1 Å². The number of aromatic nitrogens is 2. The van der Waals surface area contributed by atoms with Gasteiger partial charge >= 0.3 is 0 Å². The number of aryl methyl sites for hydroxylation is 1. The molecule has 1 aliphatic heterocycles. The first kappa shape index (κ1) is 22.1. The molecule has 172 valence electrons. The van der Waals surface area contributed by atoms with Crippen LogP contribution in [0.1, 0.15) is 54.9 Å². The molecular formula is C27H32N4OS. The number of carbonyl (C=O) groups excluding carboxylic acids is 1. The van der Waals surface area contributed by atoms with Crippen molar-refractivity contribution in [1.29, 1.82) is 0 Å². The summed E-state index contributed by atoms with van der Waals surface area (Å²) in [4.78, 5) is 29.8. The van der Waals surface area contributed by atoms with E-state index in [1.165, 1.54) is 22.2 Å². The molecule has 0 saturated carbocycles. The van der Waals surface area contributed by atoms with Crippen molar-refractivity contribution < 1.29 is 4.79 Å². The van der Waals surface area contributed by atoms with Crippen LogP contribution >= 0.6 is 11.3 Å². The molecule has 1 aromatic carbocycles. The first-order chi connectivity index (χ1) is 16.0. The van der Waals surface area contributed by atoms with Crippen molar-refractivity contribution in [2.75, 3.05) is 31.1 Å². The highest BCUT2D eigenvalue weighted by atomic mass is 32.1. The maximum atomic E-state index is 12.7. The summed E-state index contributed by atoms with van der Waals surface area (Å²) in [6.07, 6.45) is 7.11. The highest BCUT2D eigenvalue weighted by molar-refractivity contribution is 7.19. The van der Waals surface area contributed by atoms with Crippen LogP contribution in [-0.2, 0) is 17.6 Å². The van der Waals surface area contributed by atoms with Crippen molar-refractivity contribution in [1.82, 2.24) is 14.9 Å². The summed E-state index contributed by atoms with van der Waals surface area (Å²) >= 11 is 1.87. The number of nitrogens with zero attached hydrogens (tertiary/aromatic N) is 4. The molecule has 3 aromatic rings. The largest absolute Gasteiger partial charge is 0.352 e. The molecule has 0 radical (unpaired) electrons. The second-order valence-corrected chi connectivity index (χ2v) is 10.7. The molecule has 5 nitrogen and oxygen atoms in total. The summed E-state index contributed by atoms with van der Waals surface area (Å²) in [6, 6.07) is 9.98. The van der Waals surface area contributed by atoms with Crippen molar-refractivity contribution in [2.45, 2.75) is 46.0 Å². The Morgan fingerprint density at radius 2 is 1.88 bits per heavy atom. The Kier molecular flexibility index (Phi) is 6.19. The summed E-state index contributed by atoms with van der Waals surface area (Å²) in [5.74, 6) is 3.12. The molecule has 1 atom stereocenters. The lowest BCUT2D eigenvalue weighted by Crippen LogP contribution is -2.48. The molecule has 0 N–H and O–H groups in total. The van der Waals surface area contributed by atoms with E-state index in [1.54, 1.807) is 6.08 Å². The van der Waals surface area contributed by atoms with E-state index in [4.69, 9.17) is 9.97 Å². The minimum absolute atomic E-state index is 0.0797. The third kappa shape index (κ3) is 4.54. The number of hydrogen-bond acceptors (Lipinski definition) is 5. The zero-order chi connectivity index (χ0) is 22.9. The molecular weight excluding hydrogens is 428 g/mol. The molecule has 1 fully saturated rings. The van der Waals surface area contributed by atoms with Crippen molar-refractivity contribution in [3.8, 4) is 0 Å². The average molecular weight is 461 g/mol. The van der Waals surface area contributed by atoms with Crippen LogP contribution in [0.2, 0.25) is 0 Å². The minimum Gasteiger partial charge on any atom is -0.352 e. The first-order valence-electron chi connectivity index (χ1n) is 12.1. The molecule has 1 unspecified atom stereocenters. The van der Waals surface area contributed by atoms with Gasteiger partial charge in [0.1, 0.15) is 16.5 Å². The van der Waals surface area contributed by atoms with Crippen molar-refractivity contribution in [3.05, 3.63) is 58.2 Å². The van der Waals surface area contributed by atoms with Crippen LogP contribution < -0.4 is 4.90 Å². The SMILES string of the molecule is CC1CCc2c(sc3nc(C(C)C)nc(N4CCN(C(=O)C=Cc5ccccc5)CC4)c23)C1. The number of fused-ring (bicyclic) bond motifs is 3. The highest BCUT2D eigenvalue weighted by Crippen LogP contribution is 2.41. The van der Waals surface area contributed by atoms with Gasteiger partial charge in [0.25, 0.3) is 0 Å². The van der Waals surface area contributed by atoms with E-state index >= 15 is 0 Å². The zero-order valence-electron chi connectivity index (χ0n) is 19.8. The van der Waals surface area contributed by atoms with E-state index in [1.807, 2.05) is 52.6 Å². The maximum Gasteiger partial charge on any atom is 0.246 e. The lowest BCUT2D eigenvalue weighted by atomic mass is 9.89. The van der Waals surface area contributed by atoms with Gasteiger partial charge in [-0.15, -0.1) is 11.3 Å². The molecule has 5 rings (SSSR count). The summed E-state index contributed by atoms with van der Waals surface area (Å²) in [5, 5.41) is 1.27. The number of piperazine rings is 1. The standard InChI is InChI=1S/C27H32N4OS/c1-18(2)25-28-26(24-21-11-9-19(3)17-22(21)33-27(24)29-25)31-15-13-30(14-16-31)23(32)12-10-20-7-5-4-6-8-20/h4-8,10,12,18-19H,9,11,13-17H2,1-3H3. The number of anilines is 1. The van der Waals surface area contributed by atoms with Gasteiger partial charge in [0.2, 0.25) is 5.91 Å². The van der Waals surface area contributed by atoms with Gasteiger partial charge < -0.3 is 9.80 Å². The van der Waals surface area contributed by atoms with E-state index in [0.717, 1.165) is 53.9 Å². The Bertz CT molecular complexity index is 1180. The fourth-order valence-electron chi connectivity index (χ4n) is 4.80. The van der Waals surface area contributed by atoms with Crippen LogP contribution in [0, 0.1) is 5.92 Å². The Labute approximate surface area is 200 Å². The van der Waals surface area contributed by atoms with Gasteiger partial charge in [0.05, 0.1) is 5.39 Å². The van der Waals surface area contributed by atoms with Crippen molar-refractivity contribution >= 4 is 39.4 Å². The number of amides is 1. The lowest BCUT2D eigenvalue weighted by molar-refractivity contribution is -0.126. The number of carbonyl (C=O) groups is 1. The van der Waals surface area contributed by atoms with Gasteiger partial charge in [-0.25, -0.2) is 9.97 Å². The highest BCUT2D eigenvalue weighted by Gasteiger charge is 2.28. The van der Waals surface area contributed by atoms with Gasteiger partial charge in [-0.2, -0.15) is 0 Å². The van der Waals surface area contributed by atoms with Gasteiger partial charge in [-0.05, 0) is 42.4 Å². The Morgan fingerprint density at radius 1 is 1.12 bits per heavy atom. The van der Waals surface area contributed by atoms with E-state index < -0.39 is 0 Å². The van der Waals surface area contributed by atoms with Gasteiger partial charge in [0, 0.05) is 43.1 Å². The molecule has 3 heterocycles. The van der Waals surface area contributed by atoms with Crippen LogP contribution in [0.15, 0.2) is 36.4 Å². The number of benzene rings is 1. The van der Waals surface area contributed by atoms with Crippen molar-refractivity contribution in [3.63, 3.8) is 0 Å². The normalized spacial score (nSPS) is 19.0. The summed E-state index contributed by atoms with van der Waals surface area (Å²) in [6.45, 7) is 9.70. The average Bonchev–Trinajstić information content (AvgIpc) is 3.20. The Balaban J connectivity index is 1.38. The molecule has 6 heteroatoms. The smallest absolute Gasteiger partial charge is 0.246 e. The Morgan fingerprint density at radius 3 is 2.61 bits per heavy atom. The van der Waals surface area contributed by atoms with E-state index in [9.17, 15) is 4.79 Å². The third-order valence-corrected chi connectivity index (χ3v) is 7.93. The Hall–Kier alpha value is -2.73. The topological polar surface area (TPSA) is 49.3 Å².